The molecule has 0 spiro atoms. The van der Waals surface area contributed by atoms with Gasteiger partial charge in [0.25, 0.3) is 0 Å². The van der Waals surface area contributed by atoms with E-state index in [9.17, 15) is 0 Å². The Morgan fingerprint density at radius 1 is 1.37 bits per heavy atom. The molecular weight excluding hydrogens is 240 g/mol. The highest BCUT2D eigenvalue weighted by Crippen LogP contribution is 2.26. The molecule has 4 heteroatoms. The van der Waals surface area contributed by atoms with Crippen LogP contribution in [0.1, 0.15) is 36.8 Å². The first-order chi connectivity index (χ1) is 9.20. The van der Waals surface area contributed by atoms with Crippen molar-refractivity contribution in [2.24, 2.45) is 11.7 Å². The Bertz CT molecular complexity index is 440. The zero-order valence-electron chi connectivity index (χ0n) is 11.4. The Balaban J connectivity index is 1.96. The molecule has 0 atom stereocenters. The summed E-state index contributed by atoms with van der Waals surface area (Å²) in [6.45, 7) is 1.33. The molecule has 1 aliphatic carbocycles. The largest absolute Gasteiger partial charge is 0.496 e. The number of hydrogen-bond acceptors (Lipinski definition) is 3. The van der Waals surface area contributed by atoms with E-state index in [-0.39, 0.29) is 5.84 Å². The van der Waals surface area contributed by atoms with Crippen LogP contribution in [-0.4, -0.2) is 19.6 Å². The van der Waals surface area contributed by atoms with Gasteiger partial charge < -0.3 is 15.2 Å². The molecule has 0 radical (unpaired) electrons. The summed E-state index contributed by atoms with van der Waals surface area (Å²) in [7, 11) is 1.64. The third-order valence-electron chi connectivity index (χ3n) is 3.68. The van der Waals surface area contributed by atoms with Crippen LogP contribution in [0, 0.1) is 11.3 Å². The lowest BCUT2D eigenvalue weighted by atomic mass is 10.1. The fourth-order valence-electron chi connectivity index (χ4n) is 2.57. The smallest absolute Gasteiger partial charge is 0.124 e. The van der Waals surface area contributed by atoms with E-state index in [0.717, 1.165) is 17.9 Å². The molecule has 1 aromatic rings. The lowest BCUT2D eigenvalue weighted by molar-refractivity contribution is 0.0874. The number of nitrogens with two attached hydrogens (primary N) is 1. The summed E-state index contributed by atoms with van der Waals surface area (Å²) in [4.78, 5) is 0. The Hall–Kier alpha value is -1.55. The zero-order valence-corrected chi connectivity index (χ0v) is 11.4. The number of rotatable bonds is 6. The van der Waals surface area contributed by atoms with E-state index in [2.05, 4.69) is 0 Å². The fraction of sp³-hybridized carbons (Fsp3) is 0.533. The van der Waals surface area contributed by atoms with Gasteiger partial charge in [-0.25, -0.2) is 0 Å². The topological polar surface area (TPSA) is 68.3 Å². The maximum absolute atomic E-state index is 7.47. The first-order valence-electron chi connectivity index (χ1n) is 6.79. The molecule has 0 aromatic heterocycles. The molecular formula is C15H22N2O2. The summed E-state index contributed by atoms with van der Waals surface area (Å²) >= 11 is 0. The summed E-state index contributed by atoms with van der Waals surface area (Å²) in [5.74, 6) is 1.57. The number of nitrogens with one attached hydrogen (secondary N) is 1. The molecule has 1 saturated carbocycles. The van der Waals surface area contributed by atoms with Crippen molar-refractivity contribution in [3.05, 3.63) is 29.3 Å². The Labute approximate surface area is 114 Å². The highest BCUT2D eigenvalue weighted by molar-refractivity contribution is 5.95. The average Bonchev–Trinajstić information content (AvgIpc) is 2.91. The number of benzene rings is 1. The van der Waals surface area contributed by atoms with E-state index in [4.69, 9.17) is 20.6 Å². The van der Waals surface area contributed by atoms with Gasteiger partial charge in [-0.1, -0.05) is 12.8 Å². The number of ether oxygens (including phenoxy) is 2. The van der Waals surface area contributed by atoms with Crippen LogP contribution in [0.25, 0.3) is 0 Å². The molecule has 0 unspecified atom stereocenters. The second-order valence-corrected chi connectivity index (χ2v) is 5.11. The van der Waals surface area contributed by atoms with Crippen LogP contribution in [0.3, 0.4) is 0 Å². The molecule has 0 heterocycles. The van der Waals surface area contributed by atoms with E-state index in [1.54, 1.807) is 13.2 Å². The summed E-state index contributed by atoms with van der Waals surface area (Å²) in [5, 5.41) is 7.47. The van der Waals surface area contributed by atoms with Gasteiger partial charge in [-0.3, -0.25) is 5.41 Å². The third-order valence-corrected chi connectivity index (χ3v) is 3.68. The lowest BCUT2D eigenvalue weighted by Gasteiger charge is -2.13. The average molecular weight is 262 g/mol. The van der Waals surface area contributed by atoms with Gasteiger partial charge >= 0.3 is 0 Å². The van der Waals surface area contributed by atoms with Gasteiger partial charge in [0.05, 0.1) is 13.7 Å². The number of amidine groups is 1. The van der Waals surface area contributed by atoms with Crippen LogP contribution in [0.5, 0.6) is 5.75 Å². The number of nitrogen functional groups attached to an aromatic ring is 1. The van der Waals surface area contributed by atoms with Gasteiger partial charge in [0, 0.05) is 17.7 Å². The molecule has 0 bridgehead atoms. The summed E-state index contributed by atoms with van der Waals surface area (Å²) in [6.07, 6.45) is 5.23. The lowest BCUT2D eigenvalue weighted by Crippen LogP contribution is -2.12. The van der Waals surface area contributed by atoms with Crippen molar-refractivity contribution in [2.45, 2.75) is 32.3 Å². The van der Waals surface area contributed by atoms with Crippen molar-refractivity contribution in [2.75, 3.05) is 13.7 Å². The van der Waals surface area contributed by atoms with Crippen LogP contribution >= 0.6 is 0 Å². The molecule has 3 N–H and O–H groups in total. The first-order valence-corrected chi connectivity index (χ1v) is 6.79. The van der Waals surface area contributed by atoms with Crippen molar-refractivity contribution in [1.82, 2.24) is 0 Å². The third kappa shape index (κ3) is 3.70. The Morgan fingerprint density at radius 2 is 2.11 bits per heavy atom. The minimum absolute atomic E-state index is 0.0692. The SMILES string of the molecule is COc1ccc(C(=N)N)cc1COCC1CCCC1. The zero-order chi connectivity index (χ0) is 13.7. The van der Waals surface area contributed by atoms with Gasteiger partial charge in [0.1, 0.15) is 11.6 Å². The van der Waals surface area contributed by atoms with E-state index in [1.807, 2.05) is 12.1 Å². The van der Waals surface area contributed by atoms with Crippen LogP contribution in [0.2, 0.25) is 0 Å². The van der Waals surface area contributed by atoms with Crippen molar-refractivity contribution in [1.29, 1.82) is 5.41 Å². The fourth-order valence-corrected chi connectivity index (χ4v) is 2.57. The van der Waals surface area contributed by atoms with Crippen LogP contribution in [0.4, 0.5) is 0 Å². The molecule has 0 aliphatic heterocycles. The minimum Gasteiger partial charge on any atom is -0.496 e. The predicted octanol–water partition coefficient (Wildman–Crippen LogP) is 2.69. The highest BCUT2D eigenvalue weighted by Gasteiger charge is 2.15. The molecule has 1 aromatic carbocycles. The van der Waals surface area contributed by atoms with Crippen molar-refractivity contribution in [3.63, 3.8) is 0 Å². The van der Waals surface area contributed by atoms with Crippen molar-refractivity contribution in [3.8, 4) is 5.75 Å². The van der Waals surface area contributed by atoms with E-state index >= 15 is 0 Å². The van der Waals surface area contributed by atoms with Gasteiger partial charge in [-0.2, -0.15) is 0 Å². The van der Waals surface area contributed by atoms with Gasteiger partial charge in [0.2, 0.25) is 0 Å². The minimum atomic E-state index is 0.0692. The van der Waals surface area contributed by atoms with Gasteiger partial charge in [-0.05, 0) is 37.0 Å². The second kappa shape index (κ2) is 6.57. The molecule has 0 amide bonds. The van der Waals surface area contributed by atoms with E-state index < -0.39 is 0 Å². The number of hydrogen-bond donors (Lipinski definition) is 2. The Kier molecular flexibility index (Phi) is 4.80. The summed E-state index contributed by atoms with van der Waals surface area (Å²) in [6, 6.07) is 5.50. The first kappa shape index (κ1) is 13.9. The molecule has 19 heavy (non-hydrogen) atoms. The standard InChI is InChI=1S/C15H22N2O2/c1-18-14-7-6-12(15(16)17)8-13(14)10-19-9-11-4-2-3-5-11/h6-8,11H,2-5,9-10H2,1H3,(H3,16,17). The van der Waals surface area contributed by atoms with Gasteiger partial charge in [-0.15, -0.1) is 0 Å². The molecule has 2 rings (SSSR count). The molecule has 104 valence electrons. The second-order valence-electron chi connectivity index (χ2n) is 5.11. The summed E-state index contributed by atoms with van der Waals surface area (Å²) < 4.78 is 11.1. The molecule has 0 saturated heterocycles. The van der Waals surface area contributed by atoms with Crippen molar-refractivity contribution < 1.29 is 9.47 Å². The molecule has 1 fully saturated rings. The predicted molar refractivity (Wildman–Crippen MR) is 75.6 cm³/mol. The van der Waals surface area contributed by atoms with Crippen LogP contribution in [0.15, 0.2) is 18.2 Å². The normalized spacial score (nSPS) is 15.6. The quantitative estimate of drug-likeness (QED) is 0.611. The summed E-state index contributed by atoms with van der Waals surface area (Å²) in [5.41, 5.74) is 7.16. The highest BCUT2D eigenvalue weighted by atomic mass is 16.5. The van der Waals surface area contributed by atoms with E-state index in [0.29, 0.717) is 18.1 Å². The number of methoxy groups -OCH3 is 1. The van der Waals surface area contributed by atoms with Gasteiger partial charge in [0.15, 0.2) is 0 Å². The van der Waals surface area contributed by atoms with E-state index in [1.165, 1.54) is 25.7 Å². The van der Waals surface area contributed by atoms with Crippen LogP contribution in [-0.2, 0) is 11.3 Å². The van der Waals surface area contributed by atoms with Crippen molar-refractivity contribution >= 4 is 5.84 Å². The van der Waals surface area contributed by atoms with Crippen LogP contribution < -0.4 is 10.5 Å². The maximum Gasteiger partial charge on any atom is 0.124 e. The Morgan fingerprint density at radius 3 is 2.74 bits per heavy atom. The maximum atomic E-state index is 7.47. The monoisotopic (exact) mass is 262 g/mol. The molecule has 4 nitrogen and oxygen atoms in total. The molecule has 1 aliphatic rings.